The zero-order valence-corrected chi connectivity index (χ0v) is 12.2. The van der Waals surface area contributed by atoms with Crippen molar-refractivity contribution in [3.05, 3.63) is 17.5 Å². The molecule has 0 aliphatic carbocycles. The molecule has 0 spiro atoms. The Kier molecular flexibility index (Phi) is 4.75. The summed E-state index contributed by atoms with van der Waals surface area (Å²) in [5.74, 6) is 0.386. The molecule has 0 radical (unpaired) electrons. The minimum absolute atomic E-state index is 0.0790. The van der Waals surface area contributed by atoms with Gasteiger partial charge in [-0.2, -0.15) is 5.10 Å². The van der Waals surface area contributed by atoms with Crippen molar-refractivity contribution in [3.63, 3.8) is 0 Å². The predicted octanol–water partition coefficient (Wildman–Crippen LogP) is 2.39. The maximum atomic E-state index is 12.4. The summed E-state index contributed by atoms with van der Waals surface area (Å²) < 4.78 is 7.57. The molecule has 1 fully saturated rings. The smallest absolute Gasteiger partial charge is 0.144 e. The maximum Gasteiger partial charge on any atom is 0.144 e. The molecule has 2 atom stereocenters. The third kappa shape index (κ3) is 3.06. The minimum Gasteiger partial charge on any atom is -0.377 e. The third-order valence-electron chi connectivity index (χ3n) is 3.96. The van der Waals surface area contributed by atoms with Crippen LogP contribution in [0.25, 0.3) is 0 Å². The van der Waals surface area contributed by atoms with Crippen molar-refractivity contribution < 1.29 is 9.53 Å². The van der Waals surface area contributed by atoms with Crippen LogP contribution >= 0.6 is 0 Å². The van der Waals surface area contributed by atoms with Crippen molar-refractivity contribution >= 4 is 5.78 Å². The number of carbonyl (C=O) groups is 1. The highest BCUT2D eigenvalue weighted by molar-refractivity contribution is 5.83. The lowest BCUT2D eigenvalue weighted by atomic mass is 9.92. The van der Waals surface area contributed by atoms with E-state index < -0.39 is 0 Å². The number of nitrogens with zero attached hydrogens (tertiary/aromatic N) is 2. The van der Waals surface area contributed by atoms with Gasteiger partial charge in [-0.15, -0.1) is 0 Å². The van der Waals surface area contributed by atoms with E-state index in [0.29, 0.717) is 12.2 Å². The van der Waals surface area contributed by atoms with Crippen LogP contribution in [0.15, 0.2) is 6.07 Å². The fourth-order valence-electron chi connectivity index (χ4n) is 2.83. The molecule has 4 heteroatoms. The number of carbonyl (C=O) groups excluding carboxylic acids is 1. The van der Waals surface area contributed by atoms with E-state index in [1.165, 1.54) is 0 Å². The Morgan fingerprint density at radius 2 is 2.26 bits per heavy atom. The molecule has 1 aromatic heterocycles. The van der Waals surface area contributed by atoms with Gasteiger partial charge in [-0.25, -0.2) is 0 Å². The minimum atomic E-state index is 0.0790. The number of ketones is 1. The van der Waals surface area contributed by atoms with E-state index in [1.807, 2.05) is 4.68 Å². The number of hydrogen-bond donors (Lipinski definition) is 0. The van der Waals surface area contributed by atoms with Gasteiger partial charge < -0.3 is 4.74 Å². The van der Waals surface area contributed by atoms with Gasteiger partial charge in [0.1, 0.15) is 5.78 Å². The normalized spacial score (nSPS) is 22.9. The molecule has 0 amide bonds. The van der Waals surface area contributed by atoms with E-state index in [0.717, 1.165) is 43.8 Å². The first-order valence-electron chi connectivity index (χ1n) is 7.39. The molecule has 1 saturated heterocycles. The second kappa shape index (κ2) is 6.33. The van der Waals surface area contributed by atoms with Crippen LogP contribution < -0.4 is 0 Å². The standard InChI is InChI=1S/C15H24N2O2/c1-4-11-9-12(17(6-3)16-11)10-14(18)13-7-8-19-15(13)5-2/h9,13,15H,4-8,10H2,1-3H3. The van der Waals surface area contributed by atoms with Crippen LogP contribution in [0.2, 0.25) is 0 Å². The van der Waals surface area contributed by atoms with Gasteiger partial charge >= 0.3 is 0 Å². The molecule has 2 rings (SSSR count). The van der Waals surface area contributed by atoms with Crippen LogP contribution in [0.4, 0.5) is 0 Å². The van der Waals surface area contributed by atoms with Crippen LogP contribution in [0.5, 0.6) is 0 Å². The molecule has 106 valence electrons. The van der Waals surface area contributed by atoms with Crippen LogP contribution in [0.3, 0.4) is 0 Å². The van der Waals surface area contributed by atoms with Crippen molar-refractivity contribution in [2.24, 2.45) is 5.92 Å². The Labute approximate surface area is 115 Å². The molecule has 0 aromatic carbocycles. The quantitative estimate of drug-likeness (QED) is 0.792. The first kappa shape index (κ1) is 14.3. The summed E-state index contributed by atoms with van der Waals surface area (Å²) in [6, 6.07) is 2.07. The molecule has 1 aromatic rings. The van der Waals surface area contributed by atoms with Crippen molar-refractivity contribution in [2.75, 3.05) is 6.61 Å². The highest BCUT2D eigenvalue weighted by Crippen LogP contribution is 2.25. The van der Waals surface area contributed by atoms with Crippen LogP contribution in [0, 0.1) is 5.92 Å². The molecule has 1 aliphatic heterocycles. The first-order chi connectivity index (χ1) is 9.19. The van der Waals surface area contributed by atoms with Crippen molar-refractivity contribution in [1.29, 1.82) is 0 Å². The Hall–Kier alpha value is -1.16. The zero-order chi connectivity index (χ0) is 13.8. The largest absolute Gasteiger partial charge is 0.377 e. The summed E-state index contributed by atoms with van der Waals surface area (Å²) in [7, 11) is 0. The highest BCUT2D eigenvalue weighted by atomic mass is 16.5. The summed E-state index contributed by atoms with van der Waals surface area (Å²) >= 11 is 0. The van der Waals surface area contributed by atoms with Gasteiger partial charge in [0.15, 0.2) is 0 Å². The fourth-order valence-corrected chi connectivity index (χ4v) is 2.83. The topological polar surface area (TPSA) is 44.1 Å². The molecular weight excluding hydrogens is 240 g/mol. The van der Waals surface area contributed by atoms with Gasteiger partial charge in [0.2, 0.25) is 0 Å². The van der Waals surface area contributed by atoms with Crippen LogP contribution in [0.1, 0.15) is 45.0 Å². The van der Waals surface area contributed by atoms with Gasteiger partial charge in [-0.1, -0.05) is 13.8 Å². The second-order valence-corrected chi connectivity index (χ2v) is 5.15. The third-order valence-corrected chi connectivity index (χ3v) is 3.96. The highest BCUT2D eigenvalue weighted by Gasteiger charge is 2.32. The molecule has 0 bridgehead atoms. The van der Waals surface area contributed by atoms with Crippen molar-refractivity contribution in [1.82, 2.24) is 9.78 Å². The SMILES string of the molecule is CCc1cc(CC(=O)C2CCOC2CC)n(CC)n1. The van der Waals surface area contributed by atoms with Gasteiger partial charge in [0, 0.05) is 31.2 Å². The average molecular weight is 264 g/mol. The molecule has 2 heterocycles. The second-order valence-electron chi connectivity index (χ2n) is 5.15. The number of ether oxygens (including phenoxy) is 1. The van der Waals surface area contributed by atoms with Crippen LogP contribution in [-0.2, 0) is 28.9 Å². The van der Waals surface area contributed by atoms with Gasteiger partial charge in [0.25, 0.3) is 0 Å². The number of aromatic nitrogens is 2. The van der Waals surface area contributed by atoms with E-state index in [9.17, 15) is 4.79 Å². The van der Waals surface area contributed by atoms with E-state index in [4.69, 9.17) is 4.74 Å². The lowest BCUT2D eigenvalue weighted by molar-refractivity contribution is -0.124. The number of aryl methyl sites for hydroxylation is 2. The predicted molar refractivity (Wildman–Crippen MR) is 74.1 cm³/mol. The molecule has 19 heavy (non-hydrogen) atoms. The zero-order valence-electron chi connectivity index (χ0n) is 12.2. The lowest BCUT2D eigenvalue weighted by Gasteiger charge is -2.15. The Morgan fingerprint density at radius 1 is 1.47 bits per heavy atom. The summed E-state index contributed by atoms with van der Waals surface area (Å²) in [6.45, 7) is 7.78. The maximum absolute atomic E-state index is 12.4. The number of Topliss-reactive ketones (excluding diaryl/α,β-unsaturated/α-hetero) is 1. The summed E-state index contributed by atoms with van der Waals surface area (Å²) in [4.78, 5) is 12.4. The van der Waals surface area contributed by atoms with E-state index in [1.54, 1.807) is 0 Å². The van der Waals surface area contributed by atoms with E-state index in [2.05, 4.69) is 31.9 Å². The van der Waals surface area contributed by atoms with Crippen molar-refractivity contribution in [2.45, 2.75) is 59.1 Å². The fraction of sp³-hybridized carbons (Fsp3) is 0.733. The van der Waals surface area contributed by atoms with Gasteiger partial charge in [-0.3, -0.25) is 9.48 Å². The van der Waals surface area contributed by atoms with Crippen molar-refractivity contribution in [3.8, 4) is 0 Å². The molecule has 2 unspecified atom stereocenters. The summed E-state index contributed by atoms with van der Waals surface area (Å²) in [6.07, 6.45) is 3.32. The Balaban J connectivity index is 2.07. The van der Waals surface area contributed by atoms with Gasteiger partial charge in [0.05, 0.1) is 11.8 Å². The number of rotatable bonds is 6. The summed E-state index contributed by atoms with van der Waals surface area (Å²) in [5.41, 5.74) is 2.12. The lowest BCUT2D eigenvalue weighted by Crippen LogP contribution is -2.26. The number of hydrogen-bond acceptors (Lipinski definition) is 3. The van der Waals surface area contributed by atoms with Crippen LogP contribution in [-0.4, -0.2) is 28.3 Å². The van der Waals surface area contributed by atoms with E-state index in [-0.39, 0.29) is 12.0 Å². The Bertz CT molecular complexity index is 439. The average Bonchev–Trinajstić information content (AvgIpc) is 3.04. The van der Waals surface area contributed by atoms with E-state index >= 15 is 0 Å². The molecular formula is C15H24N2O2. The first-order valence-corrected chi connectivity index (χ1v) is 7.39. The Morgan fingerprint density at radius 3 is 2.89 bits per heavy atom. The molecule has 0 N–H and O–H groups in total. The molecule has 4 nitrogen and oxygen atoms in total. The molecule has 1 aliphatic rings. The molecule has 0 saturated carbocycles. The van der Waals surface area contributed by atoms with Gasteiger partial charge in [-0.05, 0) is 32.3 Å². The monoisotopic (exact) mass is 264 g/mol. The summed E-state index contributed by atoms with van der Waals surface area (Å²) in [5, 5.41) is 4.50.